The first-order valence-electron chi connectivity index (χ1n) is 6.77. The van der Waals surface area contributed by atoms with Crippen LogP contribution in [0.1, 0.15) is 43.9 Å². The van der Waals surface area contributed by atoms with Crippen molar-refractivity contribution in [3.05, 3.63) is 17.0 Å². The van der Waals surface area contributed by atoms with Gasteiger partial charge in [0.05, 0.1) is 6.61 Å². The SMILES string of the molecule is CCC1CCC(NS(=O)(=O)c2ccc(CO)s2)CC1. The molecule has 1 saturated carbocycles. The minimum absolute atomic E-state index is 0.0625. The zero-order valence-electron chi connectivity index (χ0n) is 11.1. The summed E-state index contributed by atoms with van der Waals surface area (Å²) in [6.45, 7) is 2.08. The monoisotopic (exact) mass is 303 g/mol. The summed E-state index contributed by atoms with van der Waals surface area (Å²) < 4.78 is 27.5. The Morgan fingerprint density at radius 2 is 2.00 bits per heavy atom. The molecule has 1 aliphatic carbocycles. The summed E-state index contributed by atoms with van der Waals surface area (Å²) in [4.78, 5) is 0.676. The van der Waals surface area contributed by atoms with Crippen molar-refractivity contribution in [3.63, 3.8) is 0 Å². The predicted molar refractivity (Wildman–Crippen MR) is 76.6 cm³/mol. The molecule has 0 unspecified atom stereocenters. The molecule has 1 aliphatic rings. The second-order valence-electron chi connectivity index (χ2n) is 5.13. The summed E-state index contributed by atoms with van der Waals surface area (Å²) in [6.07, 6.45) is 5.25. The molecule has 1 aromatic rings. The van der Waals surface area contributed by atoms with Crippen LogP contribution in [0.5, 0.6) is 0 Å². The molecular weight excluding hydrogens is 282 g/mol. The minimum Gasteiger partial charge on any atom is -0.391 e. The van der Waals surface area contributed by atoms with E-state index in [0.29, 0.717) is 9.09 Å². The van der Waals surface area contributed by atoms with Gasteiger partial charge in [-0.2, -0.15) is 0 Å². The van der Waals surface area contributed by atoms with Gasteiger partial charge in [-0.05, 0) is 43.7 Å². The molecule has 0 bridgehead atoms. The van der Waals surface area contributed by atoms with Crippen molar-refractivity contribution >= 4 is 21.4 Å². The fraction of sp³-hybridized carbons (Fsp3) is 0.692. The number of thiophene rings is 1. The first-order chi connectivity index (χ1) is 9.05. The number of rotatable bonds is 5. The largest absolute Gasteiger partial charge is 0.391 e. The van der Waals surface area contributed by atoms with Gasteiger partial charge in [-0.25, -0.2) is 13.1 Å². The normalized spacial score (nSPS) is 24.5. The zero-order valence-corrected chi connectivity index (χ0v) is 12.8. The van der Waals surface area contributed by atoms with E-state index in [4.69, 9.17) is 5.11 Å². The molecule has 0 spiro atoms. The molecule has 0 aromatic carbocycles. The van der Waals surface area contributed by atoms with Crippen LogP contribution < -0.4 is 4.72 Å². The van der Waals surface area contributed by atoms with Gasteiger partial charge in [-0.3, -0.25) is 0 Å². The molecule has 1 aromatic heterocycles. The van der Waals surface area contributed by atoms with Crippen molar-refractivity contribution in [2.45, 2.75) is 55.9 Å². The molecule has 19 heavy (non-hydrogen) atoms. The van der Waals surface area contributed by atoms with Crippen LogP contribution in [-0.4, -0.2) is 19.6 Å². The third-order valence-corrected chi connectivity index (χ3v) is 6.89. The van der Waals surface area contributed by atoms with Crippen LogP contribution in [-0.2, 0) is 16.6 Å². The number of aliphatic hydroxyl groups is 1. The maximum Gasteiger partial charge on any atom is 0.250 e. The average molecular weight is 303 g/mol. The maximum absolute atomic E-state index is 12.2. The number of sulfonamides is 1. The zero-order chi connectivity index (χ0) is 13.9. The molecule has 0 saturated heterocycles. The maximum atomic E-state index is 12.2. The van der Waals surface area contributed by atoms with E-state index < -0.39 is 10.0 Å². The Labute approximate surface area is 118 Å². The van der Waals surface area contributed by atoms with Crippen LogP contribution >= 0.6 is 11.3 Å². The molecule has 2 rings (SSSR count). The lowest BCUT2D eigenvalue weighted by atomic mass is 9.85. The van der Waals surface area contributed by atoms with E-state index in [1.807, 2.05) is 0 Å². The first kappa shape index (κ1) is 15.0. The van der Waals surface area contributed by atoms with E-state index in [-0.39, 0.29) is 12.6 Å². The molecule has 0 aliphatic heterocycles. The number of hydrogen-bond donors (Lipinski definition) is 2. The summed E-state index contributed by atoms with van der Waals surface area (Å²) in [5.41, 5.74) is 0. The van der Waals surface area contributed by atoms with Crippen LogP contribution in [0, 0.1) is 5.92 Å². The van der Waals surface area contributed by atoms with Gasteiger partial charge in [0.25, 0.3) is 0 Å². The van der Waals surface area contributed by atoms with Gasteiger partial charge in [0.15, 0.2) is 0 Å². The topological polar surface area (TPSA) is 66.4 Å². The Balaban J connectivity index is 1.98. The molecule has 0 radical (unpaired) electrons. The van der Waals surface area contributed by atoms with E-state index in [9.17, 15) is 8.42 Å². The first-order valence-corrected chi connectivity index (χ1v) is 9.07. The Morgan fingerprint density at radius 3 is 2.53 bits per heavy atom. The molecule has 2 N–H and O–H groups in total. The standard InChI is InChI=1S/C13H21NO3S2/c1-2-10-3-5-11(6-4-10)14-19(16,17)13-8-7-12(9-15)18-13/h7-8,10-11,14-15H,2-6,9H2,1H3. The van der Waals surface area contributed by atoms with Crippen LogP contribution in [0.25, 0.3) is 0 Å². The van der Waals surface area contributed by atoms with Crippen molar-refractivity contribution < 1.29 is 13.5 Å². The van der Waals surface area contributed by atoms with Crippen molar-refractivity contribution in [1.82, 2.24) is 4.72 Å². The fourth-order valence-corrected chi connectivity index (χ4v) is 5.09. The van der Waals surface area contributed by atoms with E-state index in [0.717, 1.165) is 42.9 Å². The lowest BCUT2D eigenvalue weighted by Gasteiger charge is -2.27. The Hall–Kier alpha value is -0.430. The Kier molecular flexibility index (Phi) is 5.00. The minimum atomic E-state index is -3.42. The van der Waals surface area contributed by atoms with Gasteiger partial charge < -0.3 is 5.11 Å². The van der Waals surface area contributed by atoms with Crippen molar-refractivity contribution in [2.24, 2.45) is 5.92 Å². The van der Waals surface area contributed by atoms with Crippen LogP contribution in [0.15, 0.2) is 16.3 Å². The lowest BCUT2D eigenvalue weighted by molar-refractivity contribution is 0.285. The van der Waals surface area contributed by atoms with Crippen molar-refractivity contribution in [3.8, 4) is 0 Å². The van der Waals surface area contributed by atoms with Gasteiger partial charge >= 0.3 is 0 Å². The average Bonchev–Trinajstić information content (AvgIpc) is 2.89. The van der Waals surface area contributed by atoms with Gasteiger partial charge in [-0.15, -0.1) is 11.3 Å². The Morgan fingerprint density at radius 1 is 1.32 bits per heavy atom. The summed E-state index contributed by atoms with van der Waals surface area (Å²) in [6, 6.07) is 3.29. The van der Waals surface area contributed by atoms with E-state index >= 15 is 0 Å². The van der Waals surface area contributed by atoms with Crippen molar-refractivity contribution in [2.75, 3.05) is 0 Å². The number of hydrogen-bond acceptors (Lipinski definition) is 4. The lowest BCUT2D eigenvalue weighted by Crippen LogP contribution is -2.37. The molecule has 108 valence electrons. The van der Waals surface area contributed by atoms with E-state index in [2.05, 4.69) is 11.6 Å². The van der Waals surface area contributed by atoms with E-state index in [1.165, 1.54) is 6.42 Å². The van der Waals surface area contributed by atoms with Crippen LogP contribution in [0.3, 0.4) is 0 Å². The molecule has 6 heteroatoms. The quantitative estimate of drug-likeness (QED) is 0.878. The highest BCUT2D eigenvalue weighted by Gasteiger charge is 2.25. The molecule has 0 amide bonds. The molecule has 0 atom stereocenters. The predicted octanol–water partition coefficient (Wildman–Crippen LogP) is 2.49. The van der Waals surface area contributed by atoms with E-state index in [1.54, 1.807) is 12.1 Å². The summed E-state index contributed by atoms with van der Waals surface area (Å²) in [7, 11) is -3.42. The smallest absolute Gasteiger partial charge is 0.250 e. The number of aliphatic hydroxyl groups excluding tert-OH is 1. The Bertz CT molecular complexity index is 502. The highest BCUT2D eigenvalue weighted by Crippen LogP contribution is 2.28. The highest BCUT2D eigenvalue weighted by molar-refractivity contribution is 7.91. The summed E-state index contributed by atoms with van der Waals surface area (Å²) in [5.74, 6) is 0.753. The van der Waals surface area contributed by atoms with Gasteiger partial charge in [-0.1, -0.05) is 13.3 Å². The molecular formula is C13H21NO3S2. The summed E-state index contributed by atoms with van der Waals surface area (Å²) in [5, 5.41) is 8.99. The molecule has 4 nitrogen and oxygen atoms in total. The van der Waals surface area contributed by atoms with Crippen LogP contribution in [0.4, 0.5) is 0 Å². The van der Waals surface area contributed by atoms with Gasteiger partial charge in [0.2, 0.25) is 10.0 Å². The second kappa shape index (κ2) is 6.35. The van der Waals surface area contributed by atoms with Gasteiger partial charge in [0, 0.05) is 10.9 Å². The summed E-state index contributed by atoms with van der Waals surface area (Å²) >= 11 is 1.13. The fourth-order valence-electron chi connectivity index (χ4n) is 2.55. The second-order valence-corrected chi connectivity index (χ2v) is 8.24. The van der Waals surface area contributed by atoms with Crippen molar-refractivity contribution in [1.29, 1.82) is 0 Å². The molecule has 1 fully saturated rings. The number of nitrogens with one attached hydrogen (secondary N) is 1. The van der Waals surface area contributed by atoms with Gasteiger partial charge in [0.1, 0.15) is 4.21 Å². The third-order valence-electron chi connectivity index (χ3n) is 3.80. The van der Waals surface area contributed by atoms with Crippen LogP contribution in [0.2, 0.25) is 0 Å². The highest BCUT2D eigenvalue weighted by atomic mass is 32.2. The third kappa shape index (κ3) is 3.78. The molecule has 1 heterocycles.